The Bertz CT molecular complexity index is 411. The van der Waals surface area contributed by atoms with Crippen molar-refractivity contribution in [1.82, 2.24) is 4.90 Å². The minimum atomic E-state index is 0.197. The average molecular weight is 276 g/mol. The maximum absolute atomic E-state index is 11.6. The highest BCUT2D eigenvalue weighted by molar-refractivity contribution is 8.00. The first-order valence-electron chi connectivity index (χ1n) is 4.96. The van der Waals surface area contributed by atoms with Crippen molar-refractivity contribution in [2.24, 2.45) is 0 Å². The van der Waals surface area contributed by atoms with E-state index in [1.165, 1.54) is 0 Å². The molecule has 0 spiro atoms. The first kappa shape index (κ1) is 12.1. The van der Waals surface area contributed by atoms with Crippen molar-refractivity contribution in [3.63, 3.8) is 0 Å². The Labute approximate surface area is 109 Å². The molecule has 1 fully saturated rings. The van der Waals surface area contributed by atoms with Gasteiger partial charge in [-0.05, 0) is 17.7 Å². The van der Waals surface area contributed by atoms with Crippen LogP contribution in [0.4, 0.5) is 0 Å². The molecule has 1 aromatic rings. The third-order valence-electron chi connectivity index (χ3n) is 2.44. The van der Waals surface area contributed by atoms with Crippen molar-refractivity contribution < 1.29 is 4.79 Å². The number of rotatable bonds is 2. The van der Waals surface area contributed by atoms with Crippen LogP contribution in [-0.4, -0.2) is 28.9 Å². The number of thioether (sulfide) groups is 1. The molecule has 1 aromatic carbocycles. The van der Waals surface area contributed by atoms with Gasteiger partial charge in [0.05, 0.1) is 15.8 Å². The highest BCUT2D eigenvalue weighted by atomic mass is 35.5. The lowest BCUT2D eigenvalue weighted by Gasteiger charge is -2.26. The molecule has 0 N–H and O–H groups in total. The molecular formula is C11H11Cl2NOS. The molecule has 16 heavy (non-hydrogen) atoms. The maximum atomic E-state index is 11.6. The summed E-state index contributed by atoms with van der Waals surface area (Å²) in [5, 5.41) is 1.09. The summed E-state index contributed by atoms with van der Waals surface area (Å²) in [5.41, 5.74) is 1.02. The monoisotopic (exact) mass is 275 g/mol. The van der Waals surface area contributed by atoms with Crippen molar-refractivity contribution in [3.8, 4) is 0 Å². The fraction of sp³-hybridized carbons (Fsp3) is 0.364. The Kier molecular flexibility index (Phi) is 4.00. The zero-order valence-corrected chi connectivity index (χ0v) is 10.9. The number of benzene rings is 1. The lowest BCUT2D eigenvalue weighted by atomic mass is 10.2. The van der Waals surface area contributed by atoms with E-state index in [4.69, 9.17) is 23.2 Å². The molecule has 1 amide bonds. The molecular weight excluding hydrogens is 265 g/mol. The van der Waals surface area contributed by atoms with Gasteiger partial charge in [0, 0.05) is 18.8 Å². The summed E-state index contributed by atoms with van der Waals surface area (Å²) in [6, 6.07) is 5.49. The molecule has 1 aliphatic rings. The smallest absolute Gasteiger partial charge is 0.232 e. The SMILES string of the molecule is O=C1CSCCN1Cc1ccc(Cl)c(Cl)c1. The molecule has 1 aliphatic heterocycles. The van der Waals surface area contributed by atoms with Crippen LogP contribution >= 0.6 is 35.0 Å². The van der Waals surface area contributed by atoms with E-state index in [0.29, 0.717) is 22.3 Å². The number of amides is 1. The van der Waals surface area contributed by atoms with Crippen LogP contribution in [0.2, 0.25) is 10.0 Å². The minimum Gasteiger partial charge on any atom is -0.337 e. The Morgan fingerprint density at radius 3 is 2.81 bits per heavy atom. The van der Waals surface area contributed by atoms with Crippen LogP contribution in [0, 0.1) is 0 Å². The number of nitrogens with zero attached hydrogens (tertiary/aromatic N) is 1. The number of carbonyl (C=O) groups excluding carboxylic acids is 1. The van der Waals surface area contributed by atoms with E-state index in [-0.39, 0.29) is 5.91 Å². The van der Waals surface area contributed by atoms with Crippen molar-refractivity contribution in [2.45, 2.75) is 6.54 Å². The van der Waals surface area contributed by atoms with E-state index < -0.39 is 0 Å². The van der Waals surface area contributed by atoms with Crippen LogP contribution in [0.1, 0.15) is 5.56 Å². The second-order valence-electron chi connectivity index (χ2n) is 3.62. The molecule has 0 aromatic heterocycles. The van der Waals surface area contributed by atoms with E-state index >= 15 is 0 Å². The van der Waals surface area contributed by atoms with Gasteiger partial charge in [0.15, 0.2) is 0 Å². The summed E-state index contributed by atoms with van der Waals surface area (Å²) in [5.74, 6) is 1.79. The van der Waals surface area contributed by atoms with E-state index in [2.05, 4.69) is 0 Å². The summed E-state index contributed by atoms with van der Waals surface area (Å²) in [4.78, 5) is 13.5. The van der Waals surface area contributed by atoms with Gasteiger partial charge in [-0.1, -0.05) is 29.3 Å². The van der Waals surface area contributed by atoms with Crippen molar-refractivity contribution >= 4 is 40.9 Å². The molecule has 1 saturated heterocycles. The second kappa shape index (κ2) is 5.30. The molecule has 0 saturated carbocycles. The van der Waals surface area contributed by atoms with E-state index in [9.17, 15) is 4.79 Å². The van der Waals surface area contributed by atoms with Crippen LogP contribution in [-0.2, 0) is 11.3 Å². The van der Waals surface area contributed by atoms with Crippen LogP contribution in [0.5, 0.6) is 0 Å². The van der Waals surface area contributed by atoms with Gasteiger partial charge >= 0.3 is 0 Å². The fourth-order valence-corrected chi connectivity index (χ4v) is 2.75. The molecule has 0 radical (unpaired) electrons. The second-order valence-corrected chi connectivity index (χ2v) is 5.54. The fourth-order valence-electron chi connectivity index (χ4n) is 1.58. The topological polar surface area (TPSA) is 20.3 Å². The third kappa shape index (κ3) is 2.84. The van der Waals surface area contributed by atoms with Gasteiger partial charge < -0.3 is 4.90 Å². The summed E-state index contributed by atoms with van der Waals surface area (Å²) < 4.78 is 0. The predicted octanol–water partition coefficient (Wildman–Crippen LogP) is 3.07. The van der Waals surface area contributed by atoms with Gasteiger partial charge in [-0.15, -0.1) is 0 Å². The van der Waals surface area contributed by atoms with E-state index in [0.717, 1.165) is 17.9 Å². The van der Waals surface area contributed by atoms with Crippen molar-refractivity contribution in [3.05, 3.63) is 33.8 Å². The largest absolute Gasteiger partial charge is 0.337 e. The zero-order chi connectivity index (χ0) is 11.5. The molecule has 2 rings (SSSR count). The first-order valence-corrected chi connectivity index (χ1v) is 6.87. The van der Waals surface area contributed by atoms with Crippen LogP contribution in [0.3, 0.4) is 0 Å². The van der Waals surface area contributed by atoms with Crippen LogP contribution < -0.4 is 0 Å². The average Bonchev–Trinajstić information content (AvgIpc) is 2.27. The normalized spacial score (nSPS) is 16.6. The molecule has 86 valence electrons. The summed E-state index contributed by atoms with van der Waals surface area (Å²) >= 11 is 13.4. The number of hydrogen-bond acceptors (Lipinski definition) is 2. The first-order chi connectivity index (χ1) is 7.66. The molecule has 0 unspecified atom stereocenters. The Morgan fingerprint density at radius 2 is 2.12 bits per heavy atom. The predicted molar refractivity (Wildman–Crippen MR) is 69.2 cm³/mol. The van der Waals surface area contributed by atoms with Crippen molar-refractivity contribution in [1.29, 1.82) is 0 Å². The van der Waals surface area contributed by atoms with Crippen molar-refractivity contribution in [2.75, 3.05) is 18.1 Å². The molecule has 5 heteroatoms. The van der Waals surface area contributed by atoms with E-state index in [1.807, 2.05) is 17.0 Å². The number of halogens is 2. The van der Waals surface area contributed by atoms with Gasteiger partial charge in [-0.25, -0.2) is 0 Å². The minimum absolute atomic E-state index is 0.197. The van der Waals surface area contributed by atoms with Gasteiger partial charge in [0.25, 0.3) is 0 Å². The Morgan fingerprint density at radius 1 is 1.31 bits per heavy atom. The Balaban J connectivity index is 2.08. The molecule has 1 heterocycles. The van der Waals surface area contributed by atoms with Gasteiger partial charge in [-0.2, -0.15) is 11.8 Å². The van der Waals surface area contributed by atoms with Gasteiger partial charge in [0.1, 0.15) is 0 Å². The summed E-state index contributed by atoms with van der Waals surface area (Å²) in [6.07, 6.45) is 0. The highest BCUT2D eigenvalue weighted by Crippen LogP contribution is 2.24. The lowest BCUT2D eigenvalue weighted by molar-refractivity contribution is -0.129. The van der Waals surface area contributed by atoms with Crippen LogP contribution in [0.15, 0.2) is 18.2 Å². The third-order valence-corrected chi connectivity index (χ3v) is 4.10. The van der Waals surface area contributed by atoms with E-state index in [1.54, 1.807) is 17.8 Å². The quantitative estimate of drug-likeness (QED) is 0.827. The number of carbonyl (C=O) groups is 1. The van der Waals surface area contributed by atoms with Gasteiger partial charge in [0.2, 0.25) is 5.91 Å². The molecule has 2 nitrogen and oxygen atoms in total. The van der Waals surface area contributed by atoms with Crippen LogP contribution in [0.25, 0.3) is 0 Å². The molecule has 0 aliphatic carbocycles. The lowest BCUT2D eigenvalue weighted by Crippen LogP contribution is -2.37. The van der Waals surface area contributed by atoms with Gasteiger partial charge in [-0.3, -0.25) is 4.79 Å². The standard InChI is InChI=1S/C11H11Cl2NOS/c12-9-2-1-8(5-10(9)13)6-14-3-4-16-7-11(14)15/h1-2,5H,3-4,6-7H2. The molecule has 0 atom stereocenters. The zero-order valence-electron chi connectivity index (χ0n) is 8.58. The number of hydrogen-bond donors (Lipinski definition) is 0. The Hall–Kier alpha value is -0.380. The summed E-state index contributed by atoms with van der Waals surface area (Å²) in [6.45, 7) is 1.43. The highest BCUT2D eigenvalue weighted by Gasteiger charge is 2.18. The molecule has 0 bridgehead atoms. The maximum Gasteiger partial charge on any atom is 0.232 e. The summed E-state index contributed by atoms with van der Waals surface area (Å²) in [7, 11) is 0.